The van der Waals surface area contributed by atoms with E-state index in [4.69, 9.17) is 15.8 Å². The van der Waals surface area contributed by atoms with E-state index in [0.717, 1.165) is 0 Å². The van der Waals surface area contributed by atoms with E-state index in [1.165, 1.54) is 22.8 Å². The molecule has 0 unspecified atom stereocenters. The van der Waals surface area contributed by atoms with Crippen molar-refractivity contribution >= 4 is 39.7 Å². The van der Waals surface area contributed by atoms with Crippen LogP contribution in [0, 0.1) is 0 Å². The highest BCUT2D eigenvalue weighted by Gasteiger charge is 2.18. The number of aromatic hydroxyl groups is 1. The summed E-state index contributed by atoms with van der Waals surface area (Å²) in [4.78, 5) is 0. The highest BCUT2D eigenvalue weighted by atomic mass is 32.1. The van der Waals surface area contributed by atoms with Gasteiger partial charge in [0, 0.05) is 21.2 Å². The molecule has 0 aliphatic carbocycles. The van der Waals surface area contributed by atoms with Gasteiger partial charge in [-0.2, -0.15) is 0 Å². The number of nitrogen functional groups attached to an aromatic ring is 1. The maximum absolute atomic E-state index is 9.47. The summed E-state index contributed by atoms with van der Waals surface area (Å²) in [6.45, 7) is 0. The predicted molar refractivity (Wildman–Crippen MR) is 57.7 cm³/mol. The van der Waals surface area contributed by atoms with Crippen LogP contribution in [-0.2, 0) is 0 Å². The lowest BCUT2D eigenvalue weighted by atomic mass is 9.79. The van der Waals surface area contributed by atoms with E-state index in [0.29, 0.717) is 21.2 Å². The standard InChI is InChI=1S/C8H8BNO3S/c10-5-2-1-4(9(12)13)8-7(5)6(11)3-14-8/h1-3,11-13H,10H2. The van der Waals surface area contributed by atoms with Gasteiger partial charge < -0.3 is 20.9 Å². The number of hydrogen-bond donors (Lipinski definition) is 4. The van der Waals surface area contributed by atoms with Crippen LogP contribution >= 0.6 is 11.3 Å². The summed E-state index contributed by atoms with van der Waals surface area (Å²) in [6.07, 6.45) is 0. The summed E-state index contributed by atoms with van der Waals surface area (Å²) in [5, 5.41) is 29.6. The Morgan fingerprint density at radius 1 is 1.29 bits per heavy atom. The first-order valence-electron chi connectivity index (χ1n) is 3.96. The summed E-state index contributed by atoms with van der Waals surface area (Å²) in [7, 11) is -1.55. The quantitative estimate of drug-likeness (QED) is 0.389. The molecule has 1 heterocycles. The molecule has 0 saturated heterocycles. The second kappa shape index (κ2) is 3.16. The Balaban J connectivity index is 2.83. The average molecular weight is 209 g/mol. The van der Waals surface area contributed by atoms with E-state index in [-0.39, 0.29) is 5.75 Å². The molecule has 0 fully saturated rings. The number of thiophene rings is 1. The number of hydrogen-bond acceptors (Lipinski definition) is 5. The van der Waals surface area contributed by atoms with Crippen LogP contribution in [0.1, 0.15) is 0 Å². The Kier molecular flexibility index (Phi) is 2.11. The predicted octanol–water partition coefficient (Wildman–Crippen LogP) is -0.131. The molecule has 6 heteroatoms. The number of anilines is 1. The maximum atomic E-state index is 9.47. The van der Waals surface area contributed by atoms with E-state index >= 15 is 0 Å². The fraction of sp³-hybridized carbons (Fsp3) is 0. The van der Waals surface area contributed by atoms with Crippen LogP contribution in [-0.4, -0.2) is 22.3 Å². The minimum absolute atomic E-state index is 0.0741. The molecule has 2 rings (SSSR count). The molecule has 0 saturated carbocycles. The zero-order valence-corrected chi connectivity index (χ0v) is 7.95. The van der Waals surface area contributed by atoms with E-state index in [9.17, 15) is 5.11 Å². The van der Waals surface area contributed by atoms with Gasteiger partial charge in [0.1, 0.15) is 5.75 Å². The van der Waals surface area contributed by atoms with Crippen LogP contribution in [0.3, 0.4) is 0 Å². The lowest BCUT2D eigenvalue weighted by molar-refractivity contribution is 0.426. The number of rotatable bonds is 1. The highest BCUT2D eigenvalue weighted by Crippen LogP contribution is 2.34. The molecule has 1 aromatic carbocycles. The lowest BCUT2D eigenvalue weighted by Crippen LogP contribution is -2.29. The zero-order valence-electron chi connectivity index (χ0n) is 7.14. The second-order valence-electron chi connectivity index (χ2n) is 2.94. The van der Waals surface area contributed by atoms with Crippen LogP contribution < -0.4 is 11.2 Å². The molecule has 5 N–H and O–H groups in total. The molecule has 1 aromatic heterocycles. The van der Waals surface area contributed by atoms with Crippen LogP contribution in [0.15, 0.2) is 17.5 Å². The largest absolute Gasteiger partial charge is 0.506 e. The minimum Gasteiger partial charge on any atom is -0.506 e. The first-order valence-corrected chi connectivity index (χ1v) is 4.84. The Labute approximate surface area is 84.4 Å². The van der Waals surface area contributed by atoms with Gasteiger partial charge in [0.05, 0.1) is 5.39 Å². The van der Waals surface area contributed by atoms with Crippen LogP contribution in [0.2, 0.25) is 0 Å². The van der Waals surface area contributed by atoms with Crippen molar-refractivity contribution in [2.45, 2.75) is 0 Å². The molecule has 0 aliphatic heterocycles. The normalized spacial score (nSPS) is 10.7. The molecular weight excluding hydrogens is 201 g/mol. The van der Waals surface area contributed by atoms with Crippen LogP contribution in [0.25, 0.3) is 10.1 Å². The first-order chi connectivity index (χ1) is 6.61. The van der Waals surface area contributed by atoms with Crippen molar-refractivity contribution < 1.29 is 15.2 Å². The third-order valence-corrected chi connectivity index (χ3v) is 3.06. The zero-order chi connectivity index (χ0) is 10.3. The Morgan fingerprint density at radius 2 is 2.00 bits per heavy atom. The SMILES string of the molecule is Nc1ccc(B(O)O)c2scc(O)c12. The third kappa shape index (κ3) is 1.24. The van der Waals surface area contributed by atoms with Gasteiger partial charge in [-0.3, -0.25) is 0 Å². The number of nitrogens with two attached hydrogens (primary N) is 1. The van der Waals surface area contributed by atoms with Gasteiger partial charge in [-0.15, -0.1) is 11.3 Å². The van der Waals surface area contributed by atoms with Gasteiger partial charge in [0.2, 0.25) is 0 Å². The van der Waals surface area contributed by atoms with E-state index < -0.39 is 7.12 Å². The second-order valence-corrected chi connectivity index (χ2v) is 3.82. The van der Waals surface area contributed by atoms with Gasteiger partial charge in [0.25, 0.3) is 0 Å². The smallest absolute Gasteiger partial charge is 0.489 e. The van der Waals surface area contributed by atoms with Crippen LogP contribution in [0.5, 0.6) is 5.75 Å². The summed E-state index contributed by atoms with van der Waals surface area (Å²) < 4.78 is 0.609. The van der Waals surface area contributed by atoms with Gasteiger partial charge in [-0.25, -0.2) is 0 Å². The summed E-state index contributed by atoms with van der Waals surface area (Å²) in [5.41, 5.74) is 6.45. The highest BCUT2D eigenvalue weighted by molar-refractivity contribution is 7.19. The number of benzene rings is 1. The topological polar surface area (TPSA) is 86.7 Å². The molecule has 4 nitrogen and oxygen atoms in total. The Hall–Kier alpha value is -1.24. The molecule has 14 heavy (non-hydrogen) atoms. The van der Waals surface area contributed by atoms with Gasteiger partial charge in [-0.1, -0.05) is 6.07 Å². The van der Waals surface area contributed by atoms with Crippen LogP contribution in [0.4, 0.5) is 5.69 Å². The van der Waals surface area contributed by atoms with Crippen molar-refractivity contribution in [1.82, 2.24) is 0 Å². The third-order valence-electron chi connectivity index (χ3n) is 2.04. The van der Waals surface area contributed by atoms with E-state index in [2.05, 4.69) is 0 Å². The van der Waals surface area contributed by atoms with Gasteiger partial charge >= 0.3 is 7.12 Å². The number of fused-ring (bicyclic) bond motifs is 1. The van der Waals surface area contributed by atoms with Gasteiger partial charge in [-0.05, 0) is 6.07 Å². The molecule has 0 bridgehead atoms. The summed E-state index contributed by atoms with van der Waals surface area (Å²) >= 11 is 1.23. The van der Waals surface area contributed by atoms with Crippen molar-refractivity contribution in [3.8, 4) is 5.75 Å². The average Bonchev–Trinajstić information content (AvgIpc) is 2.49. The van der Waals surface area contributed by atoms with Crippen molar-refractivity contribution in [2.75, 3.05) is 5.73 Å². The maximum Gasteiger partial charge on any atom is 0.489 e. The molecule has 0 atom stereocenters. The fourth-order valence-electron chi connectivity index (χ4n) is 1.38. The van der Waals surface area contributed by atoms with Crippen molar-refractivity contribution in [3.05, 3.63) is 17.5 Å². The Bertz CT molecular complexity index is 483. The van der Waals surface area contributed by atoms with Crippen molar-refractivity contribution in [2.24, 2.45) is 0 Å². The van der Waals surface area contributed by atoms with Crippen molar-refractivity contribution in [1.29, 1.82) is 0 Å². The van der Waals surface area contributed by atoms with E-state index in [1.807, 2.05) is 0 Å². The monoisotopic (exact) mass is 209 g/mol. The molecule has 0 aliphatic rings. The summed E-state index contributed by atoms with van der Waals surface area (Å²) in [6, 6.07) is 3.09. The molecule has 0 spiro atoms. The first kappa shape index (κ1) is 9.33. The van der Waals surface area contributed by atoms with E-state index in [1.54, 1.807) is 6.07 Å². The van der Waals surface area contributed by atoms with Gasteiger partial charge in [0.15, 0.2) is 0 Å². The Morgan fingerprint density at radius 3 is 2.64 bits per heavy atom. The molecule has 2 aromatic rings. The molecule has 0 amide bonds. The fourth-order valence-corrected chi connectivity index (χ4v) is 2.38. The minimum atomic E-state index is -1.55. The molecule has 72 valence electrons. The molecule has 0 radical (unpaired) electrons. The van der Waals surface area contributed by atoms with Crippen molar-refractivity contribution in [3.63, 3.8) is 0 Å². The molecular formula is C8H8BNO3S. The summed E-state index contributed by atoms with van der Waals surface area (Å²) in [5.74, 6) is 0.0741. The lowest BCUT2D eigenvalue weighted by Gasteiger charge is -2.03.